The molecule has 3 saturated heterocycles. The molecule has 11 nitrogen and oxygen atoms in total. The molecular weight excluding hydrogens is 553 g/mol. The number of nitrogens with zero attached hydrogens (tertiary/aromatic N) is 2. The van der Waals surface area contributed by atoms with Crippen molar-refractivity contribution in [3.05, 3.63) is 23.8 Å². The molecule has 14 heteroatoms. The van der Waals surface area contributed by atoms with Crippen LogP contribution in [0.2, 0.25) is 0 Å². The largest absolute Gasteiger partial charge is 0.393 e. The highest BCUT2D eigenvalue weighted by molar-refractivity contribution is 5.75. The molecule has 4 fully saturated rings. The Morgan fingerprint density at radius 1 is 1.07 bits per heavy atom. The molecular formula is C28H45F3N8O3. The number of hydrogen-bond acceptors (Lipinski definition) is 11. The van der Waals surface area contributed by atoms with Crippen LogP contribution in [0.5, 0.6) is 0 Å². The van der Waals surface area contributed by atoms with E-state index in [0.29, 0.717) is 31.8 Å². The van der Waals surface area contributed by atoms with Gasteiger partial charge in [-0.2, -0.15) is 13.2 Å². The highest BCUT2D eigenvalue weighted by Gasteiger charge is 2.52. The standard InChI is InChI=1S/C28H45F3N8O3/c1-14(2)38(11-20-23(40)24(41)27(42-20)39-13-35-22-25(32)33-12-34-26(22)39)17-7-15(8-17)4-6-21-36-18-5-3-16(9-19(18)37-21)10-28(29,30)31/h3,5,9,14-15,17,20-27,33-37,40-41H,4,6-8,10-13,32H2,1-2H3. The number of nitrogens with one attached hydrogen (secondary N) is 5. The van der Waals surface area contributed by atoms with Crippen molar-refractivity contribution in [3.63, 3.8) is 0 Å². The molecule has 42 heavy (non-hydrogen) atoms. The van der Waals surface area contributed by atoms with E-state index in [2.05, 4.69) is 45.3 Å². The number of nitrogens with two attached hydrogens (primary N) is 1. The van der Waals surface area contributed by atoms with Crippen molar-refractivity contribution in [3.8, 4) is 0 Å². The number of ether oxygens (including phenoxy) is 1. The van der Waals surface area contributed by atoms with Gasteiger partial charge in [0, 0.05) is 25.3 Å². The third-order valence-electron chi connectivity index (χ3n) is 9.65. The molecule has 6 rings (SSSR count). The molecule has 8 atom stereocenters. The Morgan fingerprint density at radius 3 is 2.57 bits per heavy atom. The summed E-state index contributed by atoms with van der Waals surface area (Å²) in [6, 6.07) is 5.44. The minimum Gasteiger partial charge on any atom is -0.387 e. The first-order valence-corrected chi connectivity index (χ1v) is 15.2. The van der Waals surface area contributed by atoms with Crippen LogP contribution >= 0.6 is 0 Å². The molecule has 9 N–H and O–H groups in total. The van der Waals surface area contributed by atoms with Gasteiger partial charge in [0.05, 0.1) is 49.0 Å². The van der Waals surface area contributed by atoms with E-state index in [1.54, 1.807) is 12.1 Å². The fourth-order valence-electron chi connectivity index (χ4n) is 7.34. The number of benzene rings is 1. The Bertz CT molecular complexity index is 1090. The van der Waals surface area contributed by atoms with Crippen LogP contribution in [0.1, 0.15) is 45.1 Å². The number of halogens is 3. The maximum absolute atomic E-state index is 12.8. The monoisotopic (exact) mass is 598 g/mol. The first-order chi connectivity index (χ1) is 20.0. The second kappa shape index (κ2) is 12.0. The summed E-state index contributed by atoms with van der Waals surface area (Å²) >= 11 is 0. The van der Waals surface area contributed by atoms with Gasteiger partial charge in [0.15, 0.2) is 0 Å². The number of anilines is 2. The molecule has 1 aromatic rings. The number of fused-ring (bicyclic) bond motifs is 2. The highest BCUT2D eigenvalue weighted by Crippen LogP contribution is 2.39. The van der Waals surface area contributed by atoms with Crippen molar-refractivity contribution >= 4 is 11.4 Å². The average Bonchev–Trinajstić information content (AvgIpc) is 3.58. The van der Waals surface area contributed by atoms with E-state index in [1.165, 1.54) is 6.07 Å². The topological polar surface area (TPSA) is 142 Å². The lowest BCUT2D eigenvalue weighted by Crippen LogP contribution is -2.68. The number of hydrogen-bond donors (Lipinski definition) is 8. The van der Waals surface area contributed by atoms with Gasteiger partial charge >= 0.3 is 6.18 Å². The summed E-state index contributed by atoms with van der Waals surface area (Å²) in [7, 11) is 0. The van der Waals surface area contributed by atoms with Crippen LogP contribution in [0.15, 0.2) is 18.2 Å². The Hall–Kier alpha value is -1.75. The Morgan fingerprint density at radius 2 is 1.83 bits per heavy atom. The molecule has 5 aliphatic rings. The van der Waals surface area contributed by atoms with Gasteiger partial charge in [0.25, 0.3) is 0 Å². The summed E-state index contributed by atoms with van der Waals surface area (Å²) in [5, 5.41) is 38.6. The van der Waals surface area contributed by atoms with Crippen LogP contribution in [0.25, 0.3) is 0 Å². The quantitative estimate of drug-likeness (QED) is 0.203. The van der Waals surface area contributed by atoms with Gasteiger partial charge in [-0.25, -0.2) is 4.90 Å². The van der Waals surface area contributed by atoms with Crippen LogP contribution in [-0.4, -0.2) is 107 Å². The van der Waals surface area contributed by atoms with Gasteiger partial charge < -0.3 is 31.3 Å². The lowest BCUT2D eigenvalue weighted by molar-refractivity contribution is -0.127. The smallest absolute Gasteiger partial charge is 0.387 e. The molecule has 1 aliphatic carbocycles. The molecule has 236 valence electrons. The van der Waals surface area contributed by atoms with E-state index in [4.69, 9.17) is 10.5 Å². The summed E-state index contributed by atoms with van der Waals surface area (Å²) in [5.41, 5.74) is 8.03. The summed E-state index contributed by atoms with van der Waals surface area (Å²) in [6.07, 6.45) is -4.64. The zero-order valence-electron chi connectivity index (χ0n) is 24.1. The van der Waals surface area contributed by atoms with Crippen molar-refractivity contribution < 1.29 is 28.1 Å². The average molecular weight is 599 g/mol. The zero-order chi connectivity index (χ0) is 29.8. The van der Waals surface area contributed by atoms with E-state index in [1.807, 2.05) is 4.90 Å². The molecule has 1 saturated carbocycles. The second-order valence-corrected chi connectivity index (χ2v) is 12.9. The van der Waals surface area contributed by atoms with Gasteiger partial charge in [0.2, 0.25) is 0 Å². The maximum atomic E-state index is 12.8. The second-order valence-electron chi connectivity index (χ2n) is 12.9. The molecule has 4 aliphatic heterocycles. The first kappa shape index (κ1) is 30.3. The number of alkyl halides is 3. The third-order valence-corrected chi connectivity index (χ3v) is 9.65. The van der Waals surface area contributed by atoms with Crippen LogP contribution in [-0.2, 0) is 11.2 Å². The van der Waals surface area contributed by atoms with E-state index in [9.17, 15) is 23.4 Å². The van der Waals surface area contributed by atoms with Crippen LogP contribution < -0.4 is 32.3 Å². The van der Waals surface area contributed by atoms with E-state index < -0.39 is 37.1 Å². The normalized spacial score (nSPS) is 38.3. The Labute approximate surface area is 244 Å². The lowest BCUT2D eigenvalue weighted by atomic mass is 9.76. The summed E-state index contributed by atoms with van der Waals surface area (Å²) in [4.78, 5) is 4.40. The van der Waals surface area contributed by atoms with Gasteiger partial charge in [-0.1, -0.05) is 6.07 Å². The van der Waals surface area contributed by atoms with Gasteiger partial charge in [-0.3, -0.25) is 20.9 Å². The first-order valence-electron chi connectivity index (χ1n) is 15.2. The molecule has 1 aromatic carbocycles. The molecule has 0 bridgehead atoms. The molecule has 4 heterocycles. The fraction of sp³-hybridized carbons (Fsp3) is 0.786. The zero-order valence-corrected chi connectivity index (χ0v) is 24.1. The third kappa shape index (κ3) is 6.24. The minimum atomic E-state index is -4.22. The predicted octanol–water partition coefficient (Wildman–Crippen LogP) is 0.663. The lowest BCUT2D eigenvalue weighted by Gasteiger charge is -2.46. The number of aliphatic hydroxyl groups is 2. The van der Waals surface area contributed by atoms with Crippen LogP contribution in [0.4, 0.5) is 24.5 Å². The SMILES string of the molecule is CC(C)N(CC1OC(N2CNC3C(N)NCNC32)C(O)C1O)C1CC(CCC2Nc3ccc(CC(F)(F)F)cc3N2)C1. The van der Waals surface area contributed by atoms with Crippen LogP contribution in [0, 0.1) is 5.92 Å². The summed E-state index contributed by atoms with van der Waals surface area (Å²) in [5.74, 6) is 0.555. The van der Waals surface area contributed by atoms with Crippen molar-refractivity contribution in [2.45, 2.75) is 113 Å². The van der Waals surface area contributed by atoms with E-state index >= 15 is 0 Å². The molecule has 0 radical (unpaired) electrons. The van der Waals surface area contributed by atoms with Crippen molar-refractivity contribution in [2.75, 3.05) is 30.5 Å². The number of rotatable bonds is 9. The van der Waals surface area contributed by atoms with Gasteiger partial charge in [-0.15, -0.1) is 0 Å². The van der Waals surface area contributed by atoms with Crippen molar-refractivity contribution in [1.29, 1.82) is 0 Å². The van der Waals surface area contributed by atoms with Gasteiger partial charge in [0.1, 0.15) is 24.5 Å². The summed E-state index contributed by atoms with van der Waals surface area (Å²) in [6.45, 7) is 5.89. The molecule has 0 spiro atoms. The fourth-order valence-corrected chi connectivity index (χ4v) is 7.34. The van der Waals surface area contributed by atoms with Crippen molar-refractivity contribution in [2.24, 2.45) is 11.7 Å². The minimum absolute atomic E-state index is 0.00510. The highest BCUT2D eigenvalue weighted by atomic mass is 19.4. The van der Waals surface area contributed by atoms with Gasteiger partial charge in [-0.05, 0) is 63.1 Å². The van der Waals surface area contributed by atoms with E-state index in [0.717, 1.165) is 37.1 Å². The predicted molar refractivity (Wildman–Crippen MR) is 152 cm³/mol. The van der Waals surface area contributed by atoms with Crippen LogP contribution in [0.3, 0.4) is 0 Å². The molecule has 8 unspecified atom stereocenters. The Balaban J connectivity index is 0.974. The van der Waals surface area contributed by atoms with E-state index in [-0.39, 0.29) is 36.1 Å². The summed E-state index contributed by atoms with van der Waals surface area (Å²) < 4.78 is 44.7. The maximum Gasteiger partial charge on any atom is 0.393 e. The van der Waals surface area contributed by atoms with Crippen molar-refractivity contribution in [1.82, 2.24) is 25.8 Å². The Kier molecular flexibility index (Phi) is 8.63. The molecule has 0 amide bonds. The number of aliphatic hydroxyl groups excluding tert-OH is 2. The molecule has 0 aromatic heterocycles.